The van der Waals surface area contributed by atoms with Gasteiger partial charge in [-0.25, -0.2) is 14.2 Å². The number of rotatable bonds is 10. The maximum absolute atomic E-state index is 14.6. The summed E-state index contributed by atoms with van der Waals surface area (Å²) in [5, 5.41) is 23.3. The predicted octanol–water partition coefficient (Wildman–Crippen LogP) is 3.56. The molecule has 36 heavy (non-hydrogen) atoms. The highest BCUT2D eigenvalue weighted by Gasteiger charge is 2.42. The Morgan fingerprint density at radius 1 is 1.36 bits per heavy atom. The van der Waals surface area contributed by atoms with Crippen molar-refractivity contribution in [1.82, 2.24) is 15.0 Å². The number of aryl methyl sites for hydroxylation is 3. The molecule has 9 nitrogen and oxygen atoms in total. The summed E-state index contributed by atoms with van der Waals surface area (Å²) in [6, 6.07) is 2.51. The van der Waals surface area contributed by atoms with Gasteiger partial charge in [-0.1, -0.05) is 17.7 Å². The van der Waals surface area contributed by atoms with E-state index >= 15 is 0 Å². The van der Waals surface area contributed by atoms with Crippen LogP contribution in [0.15, 0.2) is 18.3 Å². The molecule has 0 unspecified atom stereocenters. The van der Waals surface area contributed by atoms with Crippen LogP contribution in [-0.4, -0.2) is 62.4 Å². The summed E-state index contributed by atoms with van der Waals surface area (Å²) >= 11 is 5.99. The number of anilines is 1. The van der Waals surface area contributed by atoms with Crippen molar-refractivity contribution < 1.29 is 29.0 Å². The van der Waals surface area contributed by atoms with Crippen LogP contribution >= 0.6 is 11.6 Å². The molecule has 1 aliphatic heterocycles. The third kappa shape index (κ3) is 5.77. The Balaban J connectivity index is 1.42. The molecule has 2 aromatic heterocycles. The first-order chi connectivity index (χ1) is 17.3. The standard InChI is InChI=1S/C25H30ClFN4O5/c1-14-22(27)21(19(26)13-29-14)25(35)36-31(20(8-10-32)24(33)34)18-11-15(12-18)4-6-17-7-5-16-3-2-9-28-23(16)30-17/h5,7,13,15,18,20,32H,2-4,6,8-12H2,1H3,(H,28,30)(H,33,34)/t15?,18?,20-/m0/s1. The molecule has 0 saturated heterocycles. The summed E-state index contributed by atoms with van der Waals surface area (Å²) in [7, 11) is 0. The molecule has 2 aromatic rings. The second kappa shape index (κ2) is 11.5. The molecule has 1 aliphatic carbocycles. The first kappa shape index (κ1) is 26.2. The van der Waals surface area contributed by atoms with E-state index in [2.05, 4.69) is 16.4 Å². The second-order valence-electron chi connectivity index (χ2n) is 9.36. The minimum Gasteiger partial charge on any atom is -0.480 e. The van der Waals surface area contributed by atoms with Crippen molar-refractivity contribution in [3.63, 3.8) is 0 Å². The molecular formula is C25H30ClFN4O5. The van der Waals surface area contributed by atoms with Gasteiger partial charge >= 0.3 is 11.9 Å². The van der Waals surface area contributed by atoms with Crippen molar-refractivity contribution in [3.05, 3.63) is 51.7 Å². The molecule has 0 aromatic carbocycles. The van der Waals surface area contributed by atoms with E-state index in [1.807, 2.05) is 6.07 Å². The minimum atomic E-state index is -1.27. The number of aliphatic hydroxyl groups is 1. The lowest BCUT2D eigenvalue weighted by Crippen LogP contribution is -2.53. The lowest BCUT2D eigenvalue weighted by Gasteiger charge is -2.43. The highest BCUT2D eigenvalue weighted by molar-refractivity contribution is 6.33. The number of carbonyl (C=O) groups excluding carboxylic acids is 1. The molecule has 1 fully saturated rings. The molecule has 4 rings (SSSR count). The van der Waals surface area contributed by atoms with Gasteiger partial charge in [0.2, 0.25) is 0 Å². The van der Waals surface area contributed by atoms with Crippen molar-refractivity contribution in [1.29, 1.82) is 0 Å². The molecular weight excluding hydrogens is 491 g/mol. The van der Waals surface area contributed by atoms with Gasteiger partial charge in [0.05, 0.1) is 10.7 Å². The van der Waals surface area contributed by atoms with Gasteiger partial charge in [-0.3, -0.25) is 9.78 Å². The zero-order chi connectivity index (χ0) is 25.8. The smallest absolute Gasteiger partial charge is 0.361 e. The van der Waals surface area contributed by atoms with Crippen LogP contribution < -0.4 is 5.32 Å². The van der Waals surface area contributed by atoms with E-state index in [-0.39, 0.29) is 29.1 Å². The molecule has 11 heteroatoms. The Hall–Kier alpha value is -2.82. The van der Waals surface area contributed by atoms with E-state index in [9.17, 15) is 24.2 Å². The number of aliphatic hydroxyl groups excluding tert-OH is 1. The van der Waals surface area contributed by atoms with Crippen LogP contribution in [0.3, 0.4) is 0 Å². The number of carbonyl (C=O) groups is 2. The molecule has 0 bridgehead atoms. The zero-order valence-corrected chi connectivity index (χ0v) is 20.8. The summed E-state index contributed by atoms with van der Waals surface area (Å²) in [5.41, 5.74) is 1.70. The van der Waals surface area contributed by atoms with Gasteiger partial charge in [0, 0.05) is 31.1 Å². The van der Waals surface area contributed by atoms with Crippen molar-refractivity contribution >= 4 is 29.4 Å². The Morgan fingerprint density at radius 2 is 2.14 bits per heavy atom. The Kier molecular flexibility index (Phi) is 8.38. The first-order valence-corrected chi connectivity index (χ1v) is 12.5. The third-order valence-electron chi connectivity index (χ3n) is 6.87. The summed E-state index contributed by atoms with van der Waals surface area (Å²) in [5.74, 6) is -2.02. The van der Waals surface area contributed by atoms with E-state index in [1.165, 1.54) is 12.5 Å². The maximum Gasteiger partial charge on any atom is 0.361 e. The number of nitrogens with one attached hydrogen (secondary N) is 1. The molecule has 194 valence electrons. The number of aromatic nitrogens is 2. The zero-order valence-electron chi connectivity index (χ0n) is 20.0. The van der Waals surface area contributed by atoms with Gasteiger partial charge in [0.15, 0.2) is 5.82 Å². The number of carboxylic acid groups (broad SMARTS) is 1. The average molecular weight is 521 g/mol. The third-order valence-corrected chi connectivity index (χ3v) is 7.15. The fraction of sp³-hybridized carbons (Fsp3) is 0.520. The highest BCUT2D eigenvalue weighted by atomic mass is 35.5. The van der Waals surface area contributed by atoms with Crippen molar-refractivity contribution in [2.45, 2.75) is 64.0 Å². The maximum atomic E-state index is 14.6. The number of hydroxylamine groups is 2. The number of pyridine rings is 2. The van der Waals surface area contributed by atoms with Crippen LogP contribution in [0.2, 0.25) is 5.02 Å². The van der Waals surface area contributed by atoms with Gasteiger partial charge in [-0.05, 0) is 69.4 Å². The second-order valence-corrected chi connectivity index (χ2v) is 9.76. The summed E-state index contributed by atoms with van der Waals surface area (Å²) < 4.78 is 14.6. The molecule has 3 N–H and O–H groups in total. The number of hydrogen-bond donors (Lipinski definition) is 3. The molecule has 0 radical (unpaired) electrons. The van der Waals surface area contributed by atoms with Crippen LogP contribution in [0.4, 0.5) is 10.2 Å². The van der Waals surface area contributed by atoms with E-state index in [0.29, 0.717) is 12.8 Å². The number of hydrogen-bond acceptors (Lipinski definition) is 8. The Labute approximate surface area is 213 Å². The fourth-order valence-corrected chi connectivity index (χ4v) is 4.98. The van der Waals surface area contributed by atoms with E-state index in [4.69, 9.17) is 21.4 Å². The van der Waals surface area contributed by atoms with Crippen molar-refractivity contribution in [2.75, 3.05) is 18.5 Å². The fourth-order valence-electron chi connectivity index (χ4n) is 4.77. The summed E-state index contributed by atoms with van der Waals surface area (Å²) in [4.78, 5) is 38.7. The van der Waals surface area contributed by atoms with Crippen molar-refractivity contribution in [2.24, 2.45) is 5.92 Å². The SMILES string of the molecule is Cc1ncc(Cl)c(C(=O)ON(C2CC(CCc3ccc4c(n3)NCCC4)C2)[C@@H](CCO)C(=O)O)c1F. The van der Waals surface area contributed by atoms with Gasteiger partial charge in [-0.15, -0.1) is 5.06 Å². The van der Waals surface area contributed by atoms with Gasteiger partial charge in [-0.2, -0.15) is 0 Å². The normalized spacial score (nSPS) is 19.7. The average Bonchev–Trinajstić information content (AvgIpc) is 2.83. The summed E-state index contributed by atoms with van der Waals surface area (Å²) in [6.07, 6.45) is 5.95. The Bertz CT molecular complexity index is 1130. The number of carboxylic acids is 1. The van der Waals surface area contributed by atoms with Gasteiger partial charge in [0.25, 0.3) is 0 Å². The molecule has 0 spiro atoms. The number of halogens is 2. The lowest BCUT2D eigenvalue weighted by atomic mass is 9.76. The largest absolute Gasteiger partial charge is 0.480 e. The van der Waals surface area contributed by atoms with E-state index < -0.39 is 36.0 Å². The number of aliphatic carboxylic acids is 1. The summed E-state index contributed by atoms with van der Waals surface area (Å²) in [6.45, 7) is 1.90. The Morgan fingerprint density at radius 3 is 2.86 bits per heavy atom. The molecule has 1 saturated carbocycles. The van der Waals surface area contributed by atoms with Gasteiger partial charge < -0.3 is 20.4 Å². The van der Waals surface area contributed by atoms with Crippen molar-refractivity contribution in [3.8, 4) is 0 Å². The topological polar surface area (TPSA) is 125 Å². The highest BCUT2D eigenvalue weighted by Crippen LogP contribution is 2.37. The molecule has 3 heterocycles. The first-order valence-electron chi connectivity index (χ1n) is 12.2. The van der Waals surface area contributed by atoms with E-state index in [0.717, 1.165) is 55.0 Å². The lowest BCUT2D eigenvalue weighted by molar-refractivity contribution is -0.204. The molecule has 2 aliphatic rings. The molecule has 0 amide bonds. The minimum absolute atomic E-state index is 0.0299. The predicted molar refractivity (Wildman–Crippen MR) is 130 cm³/mol. The quantitative estimate of drug-likeness (QED) is 0.403. The number of nitrogens with zero attached hydrogens (tertiary/aromatic N) is 3. The van der Waals surface area contributed by atoms with Crippen LogP contribution in [0.25, 0.3) is 0 Å². The monoisotopic (exact) mass is 520 g/mol. The van der Waals surface area contributed by atoms with Crippen LogP contribution in [0, 0.1) is 18.7 Å². The van der Waals surface area contributed by atoms with Gasteiger partial charge in [0.1, 0.15) is 17.4 Å². The van der Waals surface area contributed by atoms with Crippen LogP contribution in [0.5, 0.6) is 0 Å². The van der Waals surface area contributed by atoms with Crippen LogP contribution in [-0.2, 0) is 22.5 Å². The van der Waals surface area contributed by atoms with E-state index in [1.54, 1.807) is 0 Å². The number of fused-ring (bicyclic) bond motifs is 1. The van der Waals surface area contributed by atoms with Crippen LogP contribution in [0.1, 0.15) is 59.4 Å². The molecule has 1 atom stereocenters.